The Morgan fingerprint density at radius 2 is 1.86 bits per heavy atom. The van der Waals surface area contributed by atoms with Crippen LogP contribution in [0.1, 0.15) is 111 Å². The van der Waals surface area contributed by atoms with Crippen molar-refractivity contribution in [3.05, 3.63) is 51.0 Å². The third kappa shape index (κ3) is 7.87. The van der Waals surface area contributed by atoms with Gasteiger partial charge < -0.3 is 15.7 Å². The summed E-state index contributed by atoms with van der Waals surface area (Å²) in [5.74, 6) is 0.235. The lowest BCUT2D eigenvalue weighted by Gasteiger charge is -2.26. The van der Waals surface area contributed by atoms with E-state index in [1.807, 2.05) is 6.92 Å². The van der Waals surface area contributed by atoms with Crippen molar-refractivity contribution in [1.82, 2.24) is 15.6 Å². The number of nitrogens with one attached hydrogen (secondary N) is 2. The van der Waals surface area contributed by atoms with Crippen LogP contribution in [-0.4, -0.2) is 27.9 Å². The Morgan fingerprint density at radius 3 is 2.43 bits per heavy atom. The topological polar surface area (TPSA) is 91.3 Å². The average molecular weight is 500 g/mol. The number of carbonyl (C=O) groups is 2. The van der Waals surface area contributed by atoms with E-state index in [0.717, 1.165) is 34.0 Å². The number of aromatic nitrogens is 1. The summed E-state index contributed by atoms with van der Waals surface area (Å²) in [6.45, 7) is 5.56. The molecule has 0 spiro atoms. The van der Waals surface area contributed by atoms with Crippen LogP contribution < -0.4 is 10.6 Å². The summed E-state index contributed by atoms with van der Waals surface area (Å²) < 4.78 is 0. The Hall–Kier alpha value is -2.25. The number of rotatable bonds is 14. The number of amides is 2. The molecule has 6 nitrogen and oxygen atoms in total. The number of carbonyl (C=O) groups excluding carboxylic acids is 2. The molecule has 35 heavy (non-hydrogen) atoms. The fraction of sp³-hybridized carbons (Fsp3) is 0.607. The molecule has 7 heteroatoms. The van der Waals surface area contributed by atoms with Gasteiger partial charge in [0.05, 0.1) is 18.3 Å². The first-order valence-corrected chi connectivity index (χ1v) is 14.0. The van der Waals surface area contributed by atoms with E-state index in [-0.39, 0.29) is 24.5 Å². The summed E-state index contributed by atoms with van der Waals surface area (Å²) in [5, 5.41) is 16.6. The normalized spacial score (nSPS) is 15.3. The maximum absolute atomic E-state index is 13.3. The van der Waals surface area contributed by atoms with E-state index in [2.05, 4.69) is 46.8 Å². The molecule has 2 atom stereocenters. The number of nitrogens with zero attached hydrogens (tertiary/aromatic N) is 1. The first-order chi connectivity index (χ1) is 16.9. The molecule has 2 aromatic rings. The van der Waals surface area contributed by atoms with Crippen LogP contribution in [0.15, 0.2) is 24.3 Å². The Kier molecular flexibility index (Phi) is 10.7. The smallest absolute Gasteiger partial charge is 0.243 e. The van der Waals surface area contributed by atoms with Crippen LogP contribution in [0.25, 0.3) is 0 Å². The van der Waals surface area contributed by atoms with Crippen LogP contribution in [0.3, 0.4) is 0 Å². The molecule has 0 radical (unpaired) electrons. The third-order valence-electron chi connectivity index (χ3n) is 6.91. The summed E-state index contributed by atoms with van der Waals surface area (Å²) in [5.41, 5.74) is 3.11. The van der Waals surface area contributed by atoms with Crippen LogP contribution in [-0.2, 0) is 29.0 Å². The highest BCUT2D eigenvalue weighted by molar-refractivity contribution is 7.11. The maximum Gasteiger partial charge on any atom is 0.243 e. The van der Waals surface area contributed by atoms with Crippen LogP contribution in [0, 0.1) is 0 Å². The molecule has 3 N–H and O–H groups in total. The first kappa shape index (κ1) is 27.3. The lowest BCUT2D eigenvalue weighted by molar-refractivity contribution is -0.128. The van der Waals surface area contributed by atoms with Gasteiger partial charge in [-0.05, 0) is 49.1 Å². The Balaban J connectivity index is 1.67. The number of aryl methyl sites for hydroxylation is 1. The predicted molar refractivity (Wildman–Crippen MR) is 141 cm³/mol. The molecular weight excluding hydrogens is 458 g/mol. The van der Waals surface area contributed by atoms with E-state index in [1.165, 1.54) is 51.0 Å². The van der Waals surface area contributed by atoms with Gasteiger partial charge in [0, 0.05) is 18.2 Å². The van der Waals surface area contributed by atoms with Gasteiger partial charge in [0.2, 0.25) is 11.8 Å². The Morgan fingerprint density at radius 1 is 1.11 bits per heavy atom. The monoisotopic (exact) mass is 499 g/mol. The lowest BCUT2D eigenvalue weighted by Crippen LogP contribution is -2.48. The summed E-state index contributed by atoms with van der Waals surface area (Å²) in [6, 6.07) is 7.56. The maximum atomic E-state index is 13.3. The van der Waals surface area contributed by atoms with Gasteiger partial charge in [-0.2, -0.15) is 0 Å². The fourth-order valence-corrected chi connectivity index (χ4v) is 5.80. The highest BCUT2D eigenvalue weighted by Gasteiger charge is 2.26. The van der Waals surface area contributed by atoms with Crippen LogP contribution in [0.5, 0.6) is 0 Å². The van der Waals surface area contributed by atoms with Crippen molar-refractivity contribution in [3.63, 3.8) is 0 Å². The molecule has 1 aromatic heterocycles. The zero-order chi connectivity index (χ0) is 25.2. The molecule has 2 amide bonds. The number of aliphatic hydroxyl groups is 1. The van der Waals surface area contributed by atoms with E-state index < -0.39 is 6.04 Å². The van der Waals surface area contributed by atoms with Gasteiger partial charge in [0.15, 0.2) is 0 Å². The number of thiazole rings is 1. The van der Waals surface area contributed by atoms with E-state index in [1.54, 1.807) is 11.3 Å². The van der Waals surface area contributed by atoms with Gasteiger partial charge >= 0.3 is 0 Å². The van der Waals surface area contributed by atoms with Gasteiger partial charge in [-0.3, -0.25) is 9.59 Å². The van der Waals surface area contributed by atoms with Crippen LogP contribution >= 0.6 is 11.3 Å². The predicted octanol–water partition coefficient (Wildman–Crippen LogP) is 5.34. The number of aliphatic hydroxyl groups excluding tert-OH is 1. The highest BCUT2D eigenvalue weighted by atomic mass is 32.1. The van der Waals surface area contributed by atoms with Gasteiger partial charge in [-0.25, -0.2) is 4.98 Å². The first-order valence-electron chi connectivity index (χ1n) is 13.2. The quantitative estimate of drug-likeness (QED) is 0.306. The second-order valence-electron chi connectivity index (χ2n) is 9.69. The Labute approximate surface area is 213 Å². The molecule has 3 rings (SSSR count). The molecule has 1 aliphatic rings. The standard InChI is InChI=1S/C28H41N3O3S/c1-4-6-7-8-12-26-25(18-32)31-28(35-26)23(5-2)30-27(34)24(29-19(3)33)17-20-13-15-22(16-14-20)21-10-9-11-21/h13-16,21,23-24,32H,4-12,17-18H2,1-3H3,(H,29,33)(H,30,34). The van der Waals surface area contributed by atoms with Crippen molar-refractivity contribution >= 4 is 23.2 Å². The van der Waals surface area contributed by atoms with Crippen LogP contribution in [0.4, 0.5) is 0 Å². The molecule has 1 aromatic carbocycles. The van der Waals surface area contributed by atoms with E-state index in [9.17, 15) is 14.7 Å². The molecule has 0 aliphatic heterocycles. The summed E-state index contributed by atoms with van der Waals surface area (Å²) >= 11 is 1.59. The zero-order valence-corrected chi connectivity index (χ0v) is 22.3. The minimum atomic E-state index is -0.651. The van der Waals surface area contributed by atoms with Crippen molar-refractivity contribution < 1.29 is 14.7 Å². The summed E-state index contributed by atoms with van der Waals surface area (Å²) in [4.78, 5) is 30.9. The van der Waals surface area contributed by atoms with Gasteiger partial charge in [-0.15, -0.1) is 11.3 Å². The molecular formula is C28H41N3O3S. The van der Waals surface area contributed by atoms with Crippen molar-refractivity contribution in [2.75, 3.05) is 0 Å². The molecule has 1 heterocycles. The molecule has 0 saturated heterocycles. The molecule has 192 valence electrons. The van der Waals surface area contributed by atoms with Crippen molar-refractivity contribution in [1.29, 1.82) is 0 Å². The largest absolute Gasteiger partial charge is 0.390 e. The van der Waals surface area contributed by atoms with Gasteiger partial charge in [0.1, 0.15) is 11.0 Å². The van der Waals surface area contributed by atoms with Crippen molar-refractivity contribution in [3.8, 4) is 0 Å². The van der Waals surface area contributed by atoms with Crippen molar-refractivity contribution in [2.24, 2.45) is 0 Å². The molecule has 1 aliphatic carbocycles. The molecule has 1 saturated carbocycles. The minimum absolute atomic E-state index is 0.0879. The average Bonchev–Trinajstić information content (AvgIpc) is 3.22. The van der Waals surface area contributed by atoms with Crippen molar-refractivity contribution in [2.45, 2.75) is 110 Å². The highest BCUT2D eigenvalue weighted by Crippen LogP contribution is 2.36. The summed E-state index contributed by atoms with van der Waals surface area (Å²) in [6.07, 6.45) is 10.5. The number of hydrogen-bond acceptors (Lipinski definition) is 5. The lowest BCUT2D eigenvalue weighted by atomic mass is 9.80. The zero-order valence-electron chi connectivity index (χ0n) is 21.4. The fourth-order valence-electron chi connectivity index (χ4n) is 4.55. The molecule has 2 unspecified atom stereocenters. The molecule has 1 fully saturated rings. The SMILES string of the molecule is CCCCCCc1sc(C(CC)NC(=O)C(Cc2ccc(C3CCC3)cc2)NC(C)=O)nc1CO. The third-order valence-corrected chi connectivity index (χ3v) is 8.19. The minimum Gasteiger partial charge on any atom is -0.390 e. The van der Waals surface area contributed by atoms with E-state index in [0.29, 0.717) is 18.8 Å². The number of benzene rings is 1. The number of unbranched alkanes of at least 4 members (excludes halogenated alkanes) is 3. The van der Waals surface area contributed by atoms with Gasteiger partial charge in [-0.1, -0.05) is 63.8 Å². The summed E-state index contributed by atoms with van der Waals surface area (Å²) in [7, 11) is 0. The second kappa shape index (κ2) is 13.7. The van der Waals surface area contributed by atoms with Crippen LogP contribution in [0.2, 0.25) is 0 Å². The second-order valence-corrected chi connectivity index (χ2v) is 10.8. The van der Waals surface area contributed by atoms with E-state index in [4.69, 9.17) is 0 Å². The Bertz CT molecular complexity index is 953. The number of hydrogen-bond donors (Lipinski definition) is 3. The van der Waals surface area contributed by atoms with E-state index >= 15 is 0 Å². The van der Waals surface area contributed by atoms with Gasteiger partial charge in [0.25, 0.3) is 0 Å². The molecule has 0 bridgehead atoms.